The molecule has 0 bridgehead atoms. The van der Waals surface area contributed by atoms with Gasteiger partial charge in [-0.25, -0.2) is 4.98 Å². The molecule has 1 saturated heterocycles. The number of nitrogens with two attached hydrogens (primary N) is 1. The number of rotatable bonds is 5. The number of nitrogens with zero attached hydrogens (tertiary/aromatic N) is 4. The van der Waals surface area contributed by atoms with Crippen molar-refractivity contribution in [2.45, 2.75) is 37.6 Å². The van der Waals surface area contributed by atoms with E-state index in [1.165, 1.54) is 18.4 Å². The summed E-state index contributed by atoms with van der Waals surface area (Å²) < 4.78 is 1.83. The first kappa shape index (κ1) is 19.9. The molecular formula is C22H27N5OS. The van der Waals surface area contributed by atoms with Crippen molar-refractivity contribution in [3.63, 3.8) is 0 Å². The van der Waals surface area contributed by atoms with Gasteiger partial charge in [-0.3, -0.25) is 9.48 Å². The number of benzene rings is 1. The Morgan fingerprint density at radius 3 is 2.79 bits per heavy atom. The first-order chi connectivity index (χ1) is 13.6. The van der Waals surface area contributed by atoms with E-state index in [9.17, 15) is 4.79 Å². The van der Waals surface area contributed by atoms with Gasteiger partial charge in [-0.2, -0.15) is 18.6 Å². The van der Waals surface area contributed by atoms with Gasteiger partial charge in [0.1, 0.15) is 11.5 Å². The molecule has 0 radical (unpaired) electrons. The number of fused-ring (bicyclic) bond motifs is 1. The second-order valence-corrected chi connectivity index (χ2v) is 8.16. The predicted octanol–water partition coefficient (Wildman–Crippen LogP) is 2.92. The van der Waals surface area contributed by atoms with E-state index in [1.54, 1.807) is 0 Å². The Bertz CT molecular complexity index is 1060. The largest absolute Gasteiger partial charge is 0.355 e. The lowest BCUT2D eigenvalue weighted by atomic mass is 9.96. The summed E-state index contributed by atoms with van der Waals surface area (Å²) in [6.07, 6.45) is 5.75. The van der Waals surface area contributed by atoms with Crippen LogP contribution in [-0.2, 0) is 13.5 Å². The van der Waals surface area contributed by atoms with Crippen molar-refractivity contribution in [1.82, 2.24) is 14.8 Å². The molecule has 0 spiro atoms. The Hall–Kier alpha value is -2.38. The highest BCUT2D eigenvalue weighted by Gasteiger charge is 2.28. The maximum atomic E-state index is 13.1. The first-order valence-corrected chi connectivity index (χ1v) is 10.0. The zero-order chi connectivity index (χ0) is 19.3. The molecule has 1 aliphatic carbocycles. The minimum Gasteiger partial charge on any atom is -0.355 e. The number of hydrogen-bond donors (Lipinski definition) is 1. The lowest BCUT2D eigenvalue weighted by Crippen LogP contribution is -2.27. The molecule has 2 fully saturated rings. The van der Waals surface area contributed by atoms with Gasteiger partial charge in [0.25, 0.3) is 0 Å². The minimum absolute atomic E-state index is 0. The molecule has 0 unspecified atom stereocenters. The molecule has 0 amide bonds. The lowest BCUT2D eigenvalue weighted by molar-refractivity contribution is 0.0988. The minimum atomic E-state index is 0. The molecule has 2 aliphatic rings. The van der Waals surface area contributed by atoms with E-state index in [1.807, 2.05) is 36.1 Å². The normalized spacial score (nSPS) is 18.8. The Balaban J connectivity index is 0.00000205. The molecule has 1 atom stereocenters. The second-order valence-electron chi connectivity index (χ2n) is 8.16. The third kappa shape index (κ3) is 4.02. The highest BCUT2D eigenvalue weighted by Crippen LogP contribution is 2.43. The number of hydrogen-bond acceptors (Lipinski definition) is 5. The molecular weight excluding hydrogens is 382 g/mol. The molecule has 2 N–H and O–H groups in total. The molecule has 3 heterocycles. The molecule has 2 aromatic heterocycles. The molecule has 5 rings (SSSR count). The van der Waals surface area contributed by atoms with Crippen LogP contribution in [0.15, 0.2) is 36.5 Å². The quantitative estimate of drug-likeness (QED) is 0.656. The average Bonchev–Trinajstić information content (AvgIpc) is 3.33. The second kappa shape index (κ2) is 7.80. The topological polar surface area (TPSA) is 77.0 Å². The maximum Gasteiger partial charge on any atom is 0.185 e. The van der Waals surface area contributed by atoms with Gasteiger partial charge in [-0.1, -0.05) is 6.07 Å². The van der Waals surface area contributed by atoms with Crippen molar-refractivity contribution in [3.05, 3.63) is 53.3 Å². The fraction of sp³-hybridized carbons (Fsp3) is 0.409. The predicted molar refractivity (Wildman–Crippen MR) is 120 cm³/mol. The SMILES string of the molecule is Cn1cc2cc(CC(=O)c3cccc(N4CC[C@H](N)C4)n3)c(C3CC3)cc2n1.S. The third-order valence-electron chi connectivity index (χ3n) is 5.82. The molecule has 7 heteroatoms. The van der Waals surface area contributed by atoms with E-state index < -0.39 is 0 Å². The summed E-state index contributed by atoms with van der Waals surface area (Å²) >= 11 is 0. The Morgan fingerprint density at radius 2 is 2.07 bits per heavy atom. The van der Waals surface area contributed by atoms with E-state index in [4.69, 9.17) is 5.73 Å². The Morgan fingerprint density at radius 1 is 1.24 bits per heavy atom. The highest BCUT2D eigenvalue weighted by atomic mass is 32.1. The molecule has 1 aromatic carbocycles. The van der Waals surface area contributed by atoms with Crippen LogP contribution in [0.5, 0.6) is 0 Å². The fourth-order valence-electron chi connectivity index (χ4n) is 4.20. The zero-order valence-corrected chi connectivity index (χ0v) is 17.6. The van der Waals surface area contributed by atoms with E-state index in [0.29, 0.717) is 18.0 Å². The molecule has 1 saturated carbocycles. The van der Waals surface area contributed by atoms with Crippen molar-refractivity contribution in [3.8, 4) is 0 Å². The van der Waals surface area contributed by atoms with Crippen molar-refractivity contribution < 1.29 is 4.79 Å². The van der Waals surface area contributed by atoms with Crippen LogP contribution in [0.1, 0.15) is 46.8 Å². The van der Waals surface area contributed by atoms with Crippen LogP contribution in [0.2, 0.25) is 0 Å². The van der Waals surface area contributed by atoms with Gasteiger partial charge in [0, 0.05) is 44.2 Å². The van der Waals surface area contributed by atoms with Crippen molar-refractivity contribution in [2.75, 3.05) is 18.0 Å². The maximum absolute atomic E-state index is 13.1. The number of carbonyl (C=O) groups is 1. The van der Waals surface area contributed by atoms with Crippen LogP contribution in [0.3, 0.4) is 0 Å². The van der Waals surface area contributed by atoms with Crippen LogP contribution in [0, 0.1) is 0 Å². The summed E-state index contributed by atoms with van der Waals surface area (Å²) in [7, 11) is 1.93. The summed E-state index contributed by atoms with van der Waals surface area (Å²) in [5.74, 6) is 1.49. The Kier molecular flexibility index (Phi) is 5.36. The van der Waals surface area contributed by atoms with Crippen LogP contribution >= 0.6 is 13.5 Å². The van der Waals surface area contributed by atoms with Crippen LogP contribution in [0.4, 0.5) is 5.82 Å². The van der Waals surface area contributed by atoms with Crippen LogP contribution in [0.25, 0.3) is 10.9 Å². The third-order valence-corrected chi connectivity index (χ3v) is 5.82. The number of carbonyl (C=O) groups excluding carboxylic acids is 1. The van der Waals surface area contributed by atoms with E-state index in [0.717, 1.165) is 41.8 Å². The van der Waals surface area contributed by atoms with Crippen molar-refractivity contribution in [2.24, 2.45) is 12.8 Å². The standard InChI is InChI=1S/C22H25N5O.H2S/c1-26-12-16-9-15(18(14-5-6-14)11-20(16)25-26)10-21(28)19-3-2-4-22(24-19)27-8-7-17(23)13-27;/h2-4,9,11-12,14,17H,5-8,10,13,23H2,1H3;1H2/t17-;/m0./s1. The van der Waals surface area contributed by atoms with Crippen LogP contribution < -0.4 is 10.6 Å². The summed E-state index contributed by atoms with van der Waals surface area (Å²) in [5, 5.41) is 5.61. The average molecular weight is 410 g/mol. The van der Waals surface area contributed by atoms with Gasteiger partial charge >= 0.3 is 0 Å². The van der Waals surface area contributed by atoms with Gasteiger partial charge in [0.2, 0.25) is 0 Å². The molecule has 1 aliphatic heterocycles. The zero-order valence-electron chi connectivity index (χ0n) is 16.6. The van der Waals surface area contributed by atoms with Gasteiger partial charge in [-0.05, 0) is 60.6 Å². The monoisotopic (exact) mass is 409 g/mol. The first-order valence-electron chi connectivity index (χ1n) is 10.0. The summed E-state index contributed by atoms with van der Waals surface area (Å²) in [5.41, 5.74) is 9.95. The van der Waals surface area contributed by atoms with Gasteiger partial charge in [-0.15, -0.1) is 0 Å². The molecule has 6 nitrogen and oxygen atoms in total. The summed E-state index contributed by atoms with van der Waals surface area (Å²) in [6.45, 7) is 1.70. The van der Waals surface area contributed by atoms with Crippen molar-refractivity contribution in [1.29, 1.82) is 0 Å². The fourth-order valence-corrected chi connectivity index (χ4v) is 4.20. The van der Waals surface area contributed by atoms with Crippen LogP contribution in [-0.4, -0.2) is 39.7 Å². The van der Waals surface area contributed by atoms with E-state index in [2.05, 4.69) is 27.1 Å². The number of ketones is 1. The highest BCUT2D eigenvalue weighted by molar-refractivity contribution is 7.59. The van der Waals surface area contributed by atoms with E-state index >= 15 is 0 Å². The summed E-state index contributed by atoms with van der Waals surface area (Å²) in [4.78, 5) is 19.9. The summed E-state index contributed by atoms with van der Waals surface area (Å²) in [6, 6.07) is 10.2. The van der Waals surface area contributed by atoms with E-state index in [-0.39, 0.29) is 25.3 Å². The number of pyridine rings is 1. The van der Waals surface area contributed by atoms with Gasteiger partial charge < -0.3 is 10.6 Å². The number of aryl methyl sites for hydroxylation is 1. The van der Waals surface area contributed by atoms with Gasteiger partial charge in [0.05, 0.1) is 5.52 Å². The number of aromatic nitrogens is 3. The smallest absolute Gasteiger partial charge is 0.185 e. The number of anilines is 1. The lowest BCUT2D eigenvalue weighted by Gasteiger charge is -2.17. The number of Topliss-reactive ketones (excluding diaryl/α,β-unsaturated/α-hetero) is 1. The Labute approximate surface area is 177 Å². The molecule has 3 aromatic rings. The molecule has 152 valence electrons. The molecule has 29 heavy (non-hydrogen) atoms. The van der Waals surface area contributed by atoms with Crippen molar-refractivity contribution >= 4 is 36.0 Å². The van der Waals surface area contributed by atoms with Gasteiger partial charge in [0.15, 0.2) is 5.78 Å².